The molecule has 6 N–H and O–H groups in total. The number of hydrogen-bond acceptors (Lipinski definition) is 8. The standard InChI is InChI=1S/C26H36N6O3/c1-2-18-15-21(32-26-25(29)30-13-14-31-26)11-12-22(18)23(33)16-19(27)9-7-5-3-4-6-8-10-20(28)17-24(34)35/h11-15,27-28H,2-10,16-17H2,1H3,(H2,29,30)(H,31,32)(H,34,35). The number of nitrogens with one attached hydrogen (secondary N) is 3. The van der Waals surface area contributed by atoms with Crippen molar-refractivity contribution in [2.75, 3.05) is 11.1 Å². The van der Waals surface area contributed by atoms with Gasteiger partial charge in [-0.1, -0.05) is 32.6 Å². The first-order valence-electron chi connectivity index (χ1n) is 12.1. The molecular formula is C26H36N6O3. The summed E-state index contributed by atoms with van der Waals surface area (Å²) in [4.78, 5) is 31.6. The number of unbranched alkanes of at least 4 members (excludes halogenated alkanes) is 5. The molecule has 0 aliphatic rings. The van der Waals surface area contributed by atoms with Crippen LogP contribution in [-0.4, -0.2) is 38.3 Å². The number of aliphatic carboxylic acids is 1. The molecule has 0 aliphatic carbocycles. The molecule has 35 heavy (non-hydrogen) atoms. The minimum absolute atomic E-state index is 0.0405. The van der Waals surface area contributed by atoms with Crippen molar-refractivity contribution in [2.45, 2.75) is 77.6 Å². The van der Waals surface area contributed by atoms with E-state index in [1.807, 2.05) is 19.1 Å². The van der Waals surface area contributed by atoms with Crippen LogP contribution in [0, 0.1) is 10.8 Å². The summed E-state index contributed by atoms with van der Waals surface area (Å²) in [5.41, 5.74) is 8.90. The van der Waals surface area contributed by atoms with E-state index in [1.165, 1.54) is 6.20 Å². The Hall–Kier alpha value is -3.62. The van der Waals surface area contributed by atoms with Crippen molar-refractivity contribution in [3.8, 4) is 0 Å². The lowest BCUT2D eigenvalue weighted by molar-refractivity contribution is -0.135. The van der Waals surface area contributed by atoms with Gasteiger partial charge in [-0.05, 0) is 55.9 Å². The molecular weight excluding hydrogens is 444 g/mol. The highest BCUT2D eigenvalue weighted by molar-refractivity contribution is 6.09. The molecule has 1 heterocycles. The molecule has 0 fully saturated rings. The first-order chi connectivity index (χ1) is 16.8. The molecule has 0 bridgehead atoms. The number of carbonyl (C=O) groups is 2. The number of hydrogen-bond donors (Lipinski definition) is 5. The maximum Gasteiger partial charge on any atom is 0.309 e. The lowest BCUT2D eigenvalue weighted by atomic mass is 9.96. The van der Waals surface area contributed by atoms with Gasteiger partial charge < -0.3 is 27.0 Å². The molecule has 2 rings (SSSR count). The average molecular weight is 481 g/mol. The number of nitrogen functional groups attached to an aromatic ring is 1. The SMILES string of the molecule is CCc1cc(Nc2nccnc2N)ccc1C(=O)CC(=N)CCCCCCCCC(=N)CC(=O)O. The largest absolute Gasteiger partial charge is 0.481 e. The van der Waals surface area contributed by atoms with Gasteiger partial charge in [0.05, 0.1) is 6.42 Å². The molecule has 2 aromatic rings. The minimum Gasteiger partial charge on any atom is -0.481 e. The van der Waals surface area contributed by atoms with Gasteiger partial charge in [-0.15, -0.1) is 0 Å². The van der Waals surface area contributed by atoms with E-state index in [1.54, 1.807) is 12.3 Å². The number of carbonyl (C=O) groups excluding carboxylic acids is 1. The van der Waals surface area contributed by atoms with Crippen LogP contribution in [0.25, 0.3) is 0 Å². The second-order valence-electron chi connectivity index (χ2n) is 8.64. The number of rotatable bonds is 17. The van der Waals surface area contributed by atoms with E-state index < -0.39 is 5.97 Å². The molecule has 0 unspecified atom stereocenters. The highest BCUT2D eigenvalue weighted by Gasteiger charge is 2.14. The Kier molecular flexibility index (Phi) is 11.5. The van der Waals surface area contributed by atoms with Crippen LogP contribution in [-0.2, 0) is 11.2 Å². The molecule has 0 saturated carbocycles. The zero-order chi connectivity index (χ0) is 25.6. The summed E-state index contributed by atoms with van der Waals surface area (Å²) in [6, 6.07) is 5.51. The maximum absolute atomic E-state index is 12.8. The smallest absolute Gasteiger partial charge is 0.309 e. The van der Waals surface area contributed by atoms with Crippen molar-refractivity contribution in [3.05, 3.63) is 41.7 Å². The molecule has 188 valence electrons. The van der Waals surface area contributed by atoms with E-state index in [9.17, 15) is 9.59 Å². The summed E-state index contributed by atoms with van der Waals surface area (Å²) in [6.07, 6.45) is 10.7. The zero-order valence-corrected chi connectivity index (χ0v) is 20.4. The molecule has 1 aromatic heterocycles. The van der Waals surface area contributed by atoms with E-state index in [0.29, 0.717) is 42.2 Å². The molecule has 0 saturated heterocycles. The van der Waals surface area contributed by atoms with Crippen LogP contribution in [0.15, 0.2) is 30.6 Å². The number of benzene rings is 1. The van der Waals surface area contributed by atoms with Gasteiger partial charge in [0, 0.05) is 41.5 Å². The van der Waals surface area contributed by atoms with Gasteiger partial charge in [-0.2, -0.15) is 0 Å². The lowest BCUT2D eigenvalue weighted by Crippen LogP contribution is -2.10. The number of carboxylic acid groups (broad SMARTS) is 1. The topological polar surface area (TPSA) is 166 Å². The second kappa shape index (κ2) is 14.6. The highest BCUT2D eigenvalue weighted by Crippen LogP contribution is 2.23. The Morgan fingerprint density at radius 1 is 0.943 bits per heavy atom. The maximum atomic E-state index is 12.8. The van der Waals surface area contributed by atoms with Gasteiger partial charge in [-0.25, -0.2) is 9.97 Å². The third-order valence-corrected chi connectivity index (χ3v) is 5.72. The monoisotopic (exact) mass is 480 g/mol. The molecule has 0 spiro atoms. The van der Waals surface area contributed by atoms with Gasteiger partial charge in [0.2, 0.25) is 0 Å². The Morgan fingerprint density at radius 3 is 2.14 bits per heavy atom. The van der Waals surface area contributed by atoms with E-state index in [-0.39, 0.29) is 24.3 Å². The van der Waals surface area contributed by atoms with Crippen molar-refractivity contribution in [2.24, 2.45) is 0 Å². The molecule has 9 nitrogen and oxygen atoms in total. The Bertz CT molecular complexity index is 1040. The molecule has 0 atom stereocenters. The number of nitrogens with zero attached hydrogens (tertiary/aromatic N) is 2. The molecule has 0 amide bonds. The molecule has 9 heteroatoms. The summed E-state index contributed by atoms with van der Waals surface area (Å²) in [6.45, 7) is 1.99. The fourth-order valence-corrected chi connectivity index (χ4v) is 3.85. The van der Waals surface area contributed by atoms with Crippen LogP contribution in [0.1, 0.15) is 87.1 Å². The Labute approximate surface area is 206 Å². The summed E-state index contributed by atoms with van der Waals surface area (Å²) < 4.78 is 0. The molecule has 1 aromatic carbocycles. The Balaban J connectivity index is 1.71. The van der Waals surface area contributed by atoms with E-state index in [2.05, 4.69) is 15.3 Å². The predicted molar refractivity (Wildman–Crippen MR) is 139 cm³/mol. The number of anilines is 3. The van der Waals surface area contributed by atoms with Crippen LogP contribution in [0.5, 0.6) is 0 Å². The number of Topliss-reactive ketones (excluding diaryl/α,β-unsaturated/α-hetero) is 1. The fraction of sp³-hybridized carbons (Fsp3) is 0.462. The van der Waals surface area contributed by atoms with E-state index in [4.69, 9.17) is 21.7 Å². The van der Waals surface area contributed by atoms with Crippen LogP contribution in [0.2, 0.25) is 0 Å². The van der Waals surface area contributed by atoms with Crippen molar-refractivity contribution in [3.63, 3.8) is 0 Å². The average Bonchev–Trinajstić information content (AvgIpc) is 2.81. The number of aromatic nitrogens is 2. The summed E-state index contributed by atoms with van der Waals surface area (Å²) in [7, 11) is 0. The predicted octanol–water partition coefficient (Wildman–Crippen LogP) is 5.57. The summed E-state index contributed by atoms with van der Waals surface area (Å²) in [5.74, 6) is -0.218. The lowest BCUT2D eigenvalue weighted by Gasteiger charge is -2.12. The minimum atomic E-state index is -0.945. The zero-order valence-electron chi connectivity index (χ0n) is 20.4. The van der Waals surface area contributed by atoms with Crippen molar-refractivity contribution < 1.29 is 14.7 Å². The van der Waals surface area contributed by atoms with Gasteiger partial charge in [0.25, 0.3) is 0 Å². The van der Waals surface area contributed by atoms with Crippen molar-refractivity contribution in [1.82, 2.24) is 9.97 Å². The van der Waals surface area contributed by atoms with Gasteiger partial charge in [0.15, 0.2) is 17.4 Å². The number of nitrogens with two attached hydrogens (primary N) is 1. The van der Waals surface area contributed by atoms with Crippen LogP contribution in [0.4, 0.5) is 17.3 Å². The number of aryl methyl sites for hydroxylation is 1. The van der Waals surface area contributed by atoms with Crippen molar-refractivity contribution >= 4 is 40.5 Å². The van der Waals surface area contributed by atoms with Gasteiger partial charge in [0.1, 0.15) is 0 Å². The van der Waals surface area contributed by atoms with Crippen LogP contribution in [0.3, 0.4) is 0 Å². The first kappa shape index (κ1) is 27.6. The van der Waals surface area contributed by atoms with Crippen LogP contribution < -0.4 is 11.1 Å². The van der Waals surface area contributed by atoms with E-state index >= 15 is 0 Å². The van der Waals surface area contributed by atoms with Crippen LogP contribution >= 0.6 is 0 Å². The normalized spacial score (nSPS) is 10.7. The first-order valence-corrected chi connectivity index (χ1v) is 12.1. The quantitative estimate of drug-likeness (QED) is 0.112. The number of carboxylic acids is 1. The molecule has 0 radical (unpaired) electrons. The van der Waals surface area contributed by atoms with Gasteiger partial charge in [-0.3, -0.25) is 9.59 Å². The van der Waals surface area contributed by atoms with E-state index in [0.717, 1.165) is 49.8 Å². The summed E-state index contributed by atoms with van der Waals surface area (Å²) >= 11 is 0. The van der Waals surface area contributed by atoms with Crippen molar-refractivity contribution in [1.29, 1.82) is 10.8 Å². The van der Waals surface area contributed by atoms with Gasteiger partial charge >= 0.3 is 5.97 Å². The summed E-state index contributed by atoms with van der Waals surface area (Å²) in [5, 5.41) is 27.6. The number of ketones is 1. The molecule has 0 aliphatic heterocycles. The fourth-order valence-electron chi connectivity index (χ4n) is 3.85. The second-order valence-corrected chi connectivity index (χ2v) is 8.64. The Morgan fingerprint density at radius 2 is 1.54 bits per heavy atom. The third kappa shape index (κ3) is 10.0. The third-order valence-electron chi connectivity index (χ3n) is 5.72. The highest BCUT2D eigenvalue weighted by atomic mass is 16.4.